The van der Waals surface area contributed by atoms with Crippen LogP contribution in [0.3, 0.4) is 0 Å². The van der Waals surface area contributed by atoms with E-state index in [9.17, 15) is 9.59 Å². The molecule has 0 bridgehead atoms. The van der Waals surface area contributed by atoms with Crippen LogP contribution in [0.25, 0.3) is 0 Å². The first-order valence-electron chi connectivity index (χ1n) is 11.2. The zero-order valence-corrected chi connectivity index (χ0v) is 19.3. The lowest BCUT2D eigenvalue weighted by atomic mass is 10.1. The number of carbonyl (C=O) groups is 2. The molecule has 0 unspecified atom stereocenters. The Bertz CT molecular complexity index is 923. The summed E-state index contributed by atoms with van der Waals surface area (Å²) in [4.78, 5) is 29.8. The number of benzene rings is 2. The normalized spacial score (nSPS) is 14.7. The predicted octanol–water partition coefficient (Wildman–Crippen LogP) is 2.55. The molecule has 0 saturated carbocycles. The number of ether oxygens (including phenoxy) is 1. The third-order valence-electron chi connectivity index (χ3n) is 5.78. The topological polar surface area (TPSA) is 73.9 Å². The van der Waals surface area contributed by atoms with E-state index in [0.717, 1.165) is 56.0 Å². The van der Waals surface area contributed by atoms with Gasteiger partial charge in [0.15, 0.2) is 0 Å². The van der Waals surface area contributed by atoms with Gasteiger partial charge in [-0.2, -0.15) is 0 Å². The van der Waals surface area contributed by atoms with Crippen LogP contribution in [0, 0.1) is 6.92 Å². The van der Waals surface area contributed by atoms with E-state index in [1.165, 1.54) is 0 Å². The average Bonchev–Trinajstić information content (AvgIpc) is 2.79. The summed E-state index contributed by atoms with van der Waals surface area (Å²) in [7, 11) is 3.76. The Labute approximate surface area is 190 Å². The maximum atomic E-state index is 12.5. The van der Waals surface area contributed by atoms with Gasteiger partial charge in [0.25, 0.3) is 5.91 Å². The lowest BCUT2D eigenvalue weighted by Gasteiger charge is -2.32. The molecule has 1 heterocycles. The number of methoxy groups -OCH3 is 1. The minimum atomic E-state index is -0.138. The van der Waals surface area contributed by atoms with E-state index >= 15 is 0 Å². The van der Waals surface area contributed by atoms with Crippen LogP contribution >= 0.6 is 0 Å². The third kappa shape index (κ3) is 7.07. The molecule has 2 amide bonds. The Morgan fingerprint density at radius 1 is 1.06 bits per heavy atom. The lowest BCUT2D eigenvalue weighted by molar-refractivity contribution is -0.115. The van der Waals surface area contributed by atoms with E-state index in [4.69, 9.17) is 4.74 Å². The van der Waals surface area contributed by atoms with Gasteiger partial charge in [-0.15, -0.1) is 0 Å². The van der Waals surface area contributed by atoms with Gasteiger partial charge in [0.05, 0.1) is 13.5 Å². The van der Waals surface area contributed by atoms with Crippen LogP contribution < -0.4 is 15.4 Å². The summed E-state index contributed by atoms with van der Waals surface area (Å²) in [5.41, 5.74) is 3.07. The molecular weight excluding hydrogens is 404 g/mol. The molecule has 2 aromatic rings. The summed E-state index contributed by atoms with van der Waals surface area (Å²) in [6.45, 7) is 7.97. The number of anilines is 1. The van der Waals surface area contributed by atoms with Gasteiger partial charge >= 0.3 is 0 Å². The minimum Gasteiger partial charge on any atom is -0.496 e. The first kappa shape index (κ1) is 23.8. The number of nitrogens with zero attached hydrogens (tertiary/aromatic N) is 2. The molecule has 7 nitrogen and oxygen atoms in total. The van der Waals surface area contributed by atoms with Crippen molar-refractivity contribution in [1.82, 2.24) is 15.1 Å². The van der Waals surface area contributed by atoms with Crippen LogP contribution in [0.2, 0.25) is 0 Å². The zero-order valence-electron chi connectivity index (χ0n) is 19.3. The van der Waals surface area contributed by atoms with Crippen LogP contribution in [0.5, 0.6) is 5.75 Å². The fraction of sp³-hybridized carbons (Fsp3) is 0.440. The van der Waals surface area contributed by atoms with Crippen LogP contribution in [0.15, 0.2) is 42.5 Å². The van der Waals surface area contributed by atoms with Gasteiger partial charge in [-0.25, -0.2) is 0 Å². The van der Waals surface area contributed by atoms with E-state index in [2.05, 4.69) is 27.5 Å². The van der Waals surface area contributed by atoms with Crippen molar-refractivity contribution in [3.05, 3.63) is 59.2 Å². The number of nitrogens with one attached hydrogen (secondary N) is 2. The molecule has 1 fully saturated rings. The Balaban J connectivity index is 1.45. The summed E-state index contributed by atoms with van der Waals surface area (Å²) in [5.74, 6) is 0.489. The molecule has 1 aliphatic rings. The quantitative estimate of drug-likeness (QED) is 0.589. The van der Waals surface area contributed by atoms with Gasteiger partial charge in [-0.3, -0.25) is 9.59 Å². The smallest absolute Gasteiger partial charge is 0.251 e. The predicted molar refractivity (Wildman–Crippen MR) is 127 cm³/mol. The number of hydrogen-bond acceptors (Lipinski definition) is 5. The van der Waals surface area contributed by atoms with Gasteiger partial charge < -0.3 is 25.2 Å². The second kappa shape index (κ2) is 11.6. The number of piperazine rings is 1. The highest BCUT2D eigenvalue weighted by Gasteiger charge is 2.13. The average molecular weight is 439 g/mol. The molecule has 0 aromatic heterocycles. The standard InChI is InChI=1S/C25H34N4O3/c1-19-8-9-22(18-23(19)32-3)27-24(30)17-20-6-4-7-21(16-20)25(31)26-10-5-11-29-14-12-28(2)13-15-29/h4,6-9,16,18H,5,10-15,17H2,1-3H3,(H,26,31)(H,27,30). The van der Waals surface area contributed by atoms with Crippen molar-refractivity contribution in [1.29, 1.82) is 0 Å². The molecule has 172 valence electrons. The van der Waals surface area contributed by atoms with E-state index in [1.54, 1.807) is 25.3 Å². The fourth-order valence-corrected chi connectivity index (χ4v) is 3.79. The molecule has 0 atom stereocenters. The van der Waals surface area contributed by atoms with Crippen molar-refractivity contribution in [2.24, 2.45) is 0 Å². The van der Waals surface area contributed by atoms with E-state index in [1.807, 2.05) is 31.2 Å². The van der Waals surface area contributed by atoms with Gasteiger partial charge in [0.2, 0.25) is 5.91 Å². The van der Waals surface area contributed by atoms with E-state index < -0.39 is 0 Å². The largest absolute Gasteiger partial charge is 0.496 e. The zero-order chi connectivity index (χ0) is 22.9. The van der Waals surface area contributed by atoms with Gasteiger partial charge in [-0.1, -0.05) is 18.2 Å². The number of hydrogen-bond donors (Lipinski definition) is 2. The third-order valence-corrected chi connectivity index (χ3v) is 5.78. The summed E-state index contributed by atoms with van der Waals surface area (Å²) in [5, 5.41) is 5.88. The van der Waals surface area contributed by atoms with Crippen molar-refractivity contribution in [2.75, 3.05) is 58.7 Å². The Hall–Kier alpha value is -2.90. The van der Waals surface area contributed by atoms with Crippen LogP contribution in [0.1, 0.15) is 27.9 Å². The van der Waals surface area contributed by atoms with Crippen LogP contribution in [-0.4, -0.2) is 75.0 Å². The van der Waals surface area contributed by atoms with Crippen molar-refractivity contribution in [3.63, 3.8) is 0 Å². The monoisotopic (exact) mass is 438 g/mol. The van der Waals surface area contributed by atoms with Gasteiger partial charge in [0, 0.05) is 50.0 Å². The maximum Gasteiger partial charge on any atom is 0.251 e. The molecular formula is C25H34N4O3. The lowest BCUT2D eigenvalue weighted by Crippen LogP contribution is -2.45. The molecule has 0 radical (unpaired) electrons. The van der Waals surface area contributed by atoms with Gasteiger partial charge in [0.1, 0.15) is 5.75 Å². The Kier molecular flexibility index (Phi) is 8.64. The molecule has 7 heteroatoms. The summed E-state index contributed by atoms with van der Waals surface area (Å²) in [6, 6.07) is 12.8. The minimum absolute atomic E-state index is 0.103. The summed E-state index contributed by atoms with van der Waals surface area (Å²) >= 11 is 0. The molecule has 0 aliphatic carbocycles. The molecule has 1 saturated heterocycles. The van der Waals surface area contributed by atoms with Crippen molar-refractivity contribution in [3.8, 4) is 5.75 Å². The Morgan fingerprint density at radius 2 is 1.84 bits per heavy atom. The van der Waals surface area contributed by atoms with Crippen molar-refractivity contribution >= 4 is 17.5 Å². The Morgan fingerprint density at radius 3 is 2.59 bits per heavy atom. The highest BCUT2D eigenvalue weighted by atomic mass is 16.5. The van der Waals surface area contributed by atoms with E-state index in [0.29, 0.717) is 17.8 Å². The second-order valence-corrected chi connectivity index (χ2v) is 8.36. The molecule has 0 spiro atoms. The first-order valence-corrected chi connectivity index (χ1v) is 11.2. The fourth-order valence-electron chi connectivity index (χ4n) is 3.79. The molecule has 1 aliphatic heterocycles. The summed E-state index contributed by atoms with van der Waals surface area (Å²) < 4.78 is 5.31. The second-order valence-electron chi connectivity index (χ2n) is 8.36. The van der Waals surface area contributed by atoms with Crippen LogP contribution in [0.4, 0.5) is 5.69 Å². The highest BCUT2D eigenvalue weighted by Crippen LogP contribution is 2.22. The molecule has 2 aromatic carbocycles. The molecule has 2 N–H and O–H groups in total. The molecule has 3 rings (SSSR count). The van der Waals surface area contributed by atoms with Crippen molar-refractivity contribution < 1.29 is 14.3 Å². The number of carbonyl (C=O) groups excluding carboxylic acids is 2. The van der Waals surface area contributed by atoms with Gasteiger partial charge in [-0.05, 0) is 56.3 Å². The van der Waals surface area contributed by atoms with Crippen LogP contribution in [-0.2, 0) is 11.2 Å². The maximum absolute atomic E-state index is 12.5. The molecule has 32 heavy (non-hydrogen) atoms. The number of rotatable bonds is 9. The first-order chi connectivity index (χ1) is 15.4. The van der Waals surface area contributed by atoms with Crippen molar-refractivity contribution in [2.45, 2.75) is 19.8 Å². The number of likely N-dealkylation sites (N-methyl/N-ethyl adjacent to an activating group) is 1. The SMILES string of the molecule is COc1cc(NC(=O)Cc2cccc(C(=O)NCCCN3CCN(C)CC3)c2)ccc1C. The highest BCUT2D eigenvalue weighted by molar-refractivity contribution is 5.95. The number of amides is 2. The van der Waals surface area contributed by atoms with E-state index in [-0.39, 0.29) is 18.2 Å². The summed E-state index contributed by atoms with van der Waals surface area (Å²) in [6.07, 6.45) is 1.12. The number of aryl methyl sites for hydroxylation is 1.